The third kappa shape index (κ3) is 2.93. The summed E-state index contributed by atoms with van der Waals surface area (Å²) in [4.78, 5) is 0. The number of rotatable bonds is 4. The lowest BCUT2D eigenvalue weighted by Crippen LogP contribution is -2.10. The summed E-state index contributed by atoms with van der Waals surface area (Å²) in [5.41, 5.74) is 8.16. The summed E-state index contributed by atoms with van der Waals surface area (Å²) in [5, 5.41) is 8.09. The average molecular weight is 260 g/mol. The van der Waals surface area contributed by atoms with E-state index in [1.54, 1.807) is 0 Å². The topological polar surface area (TPSA) is 66.0 Å². The van der Waals surface area contributed by atoms with Crippen LogP contribution in [0.2, 0.25) is 0 Å². The number of hydrogen-bond acceptors (Lipinski definition) is 4. The Labute approximate surface area is 113 Å². The fourth-order valence-electron chi connectivity index (χ4n) is 1.87. The third-order valence-electron chi connectivity index (χ3n) is 3.20. The van der Waals surface area contributed by atoms with Gasteiger partial charge in [0.1, 0.15) is 18.2 Å². The van der Waals surface area contributed by atoms with Crippen LogP contribution in [0.25, 0.3) is 0 Å². The average Bonchev–Trinajstić information content (AvgIpc) is 2.68. The zero-order valence-electron chi connectivity index (χ0n) is 11.8. The molecule has 0 spiro atoms. The molecule has 0 saturated carbocycles. The molecule has 0 unspecified atom stereocenters. The zero-order chi connectivity index (χ0) is 14.0. The van der Waals surface area contributed by atoms with Gasteiger partial charge in [-0.05, 0) is 26.8 Å². The third-order valence-corrected chi connectivity index (χ3v) is 3.20. The second-order valence-electron chi connectivity index (χ2n) is 4.84. The van der Waals surface area contributed by atoms with Gasteiger partial charge in [0.05, 0.1) is 0 Å². The summed E-state index contributed by atoms with van der Waals surface area (Å²) in [5.74, 6) is 2.48. The van der Waals surface area contributed by atoms with Crippen molar-refractivity contribution in [3.63, 3.8) is 0 Å². The van der Waals surface area contributed by atoms with Crippen LogP contribution in [0, 0.1) is 13.8 Å². The molecule has 2 N–H and O–H groups in total. The van der Waals surface area contributed by atoms with E-state index in [1.165, 1.54) is 5.56 Å². The van der Waals surface area contributed by atoms with Gasteiger partial charge in [0.2, 0.25) is 0 Å². The molecule has 1 atom stereocenters. The molecule has 5 nitrogen and oxygen atoms in total. The minimum Gasteiger partial charge on any atom is -0.485 e. The van der Waals surface area contributed by atoms with Gasteiger partial charge in [-0.25, -0.2) is 0 Å². The smallest absolute Gasteiger partial charge is 0.170 e. The van der Waals surface area contributed by atoms with Crippen molar-refractivity contribution in [3.05, 3.63) is 41.0 Å². The number of aryl methyl sites for hydroxylation is 2. The second kappa shape index (κ2) is 5.40. The van der Waals surface area contributed by atoms with Gasteiger partial charge in [-0.1, -0.05) is 17.7 Å². The molecule has 0 fully saturated rings. The van der Waals surface area contributed by atoms with Crippen LogP contribution >= 0.6 is 0 Å². The lowest BCUT2D eigenvalue weighted by atomic mass is 10.1. The van der Waals surface area contributed by atoms with E-state index in [4.69, 9.17) is 10.5 Å². The van der Waals surface area contributed by atoms with E-state index in [2.05, 4.69) is 16.3 Å². The monoisotopic (exact) mass is 260 g/mol. The first-order chi connectivity index (χ1) is 8.99. The van der Waals surface area contributed by atoms with Crippen molar-refractivity contribution in [2.24, 2.45) is 12.8 Å². The highest BCUT2D eigenvalue weighted by atomic mass is 16.5. The van der Waals surface area contributed by atoms with Gasteiger partial charge >= 0.3 is 0 Å². The van der Waals surface area contributed by atoms with E-state index in [9.17, 15) is 0 Å². The standard InChI is InChI=1S/C14H20N4O/c1-9-5-6-13(12(7-9)10(2)15)19-8-14-17-16-11(3)18(14)4/h5-7,10H,8,15H2,1-4H3/t10-/m1/s1. The van der Waals surface area contributed by atoms with Crippen molar-refractivity contribution in [3.8, 4) is 5.75 Å². The van der Waals surface area contributed by atoms with E-state index in [0.29, 0.717) is 6.61 Å². The minimum absolute atomic E-state index is 0.0591. The Hall–Kier alpha value is -1.88. The van der Waals surface area contributed by atoms with E-state index in [1.807, 2.05) is 44.5 Å². The van der Waals surface area contributed by atoms with E-state index in [0.717, 1.165) is 23.0 Å². The fraction of sp³-hybridized carbons (Fsp3) is 0.429. The Bertz CT molecular complexity index is 575. The maximum Gasteiger partial charge on any atom is 0.170 e. The predicted octanol–water partition coefficient (Wildman–Crippen LogP) is 2.03. The maximum absolute atomic E-state index is 5.97. The fourth-order valence-corrected chi connectivity index (χ4v) is 1.87. The van der Waals surface area contributed by atoms with Crippen LogP contribution in [0.5, 0.6) is 5.75 Å². The van der Waals surface area contributed by atoms with Crippen molar-refractivity contribution in [2.75, 3.05) is 0 Å². The molecule has 0 amide bonds. The van der Waals surface area contributed by atoms with Crippen molar-refractivity contribution >= 4 is 0 Å². The number of ether oxygens (including phenoxy) is 1. The van der Waals surface area contributed by atoms with Crippen molar-refractivity contribution in [2.45, 2.75) is 33.4 Å². The summed E-state index contributed by atoms with van der Waals surface area (Å²) in [6.45, 7) is 6.30. The van der Waals surface area contributed by atoms with Gasteiger partial charge in [-0.2, -0.15) is 0 Å². The lowest BCUT2D eigenvalue weighted by molar-refractivity contribution is 0.286. The Balaban J connectivity index is 2.17. The van der Waals surface area contributed by atoms with Crippen LogP contribution in [0.3, 0.4) is 0 Å². The summed E-state index contributed by atoms with van der Waals surface area (Å²) >= 11 is 0. The molecule has 0 aliphatic carbocycles. The summed E-state index contributed by atoms with van der Waals surface area (Å²) in [6.07, 6.45) is 0. The largest absolute Gasteiger partial charge is 0.485 e. The maximum atomic E-state index is 5.97. The lowest BCUT2D eigenvalue weighted by Gasteiger charge is -2.14. The van der Waals surface area contributed by atoms with Crippen molar-refractivity contribution in [1.29, 1.82) is 0 Å². The molecule has 1 heterocycles. The number of hydrogen-bond donors (Lipinski definition) is 1. The van der Waals surface area contributed by atoms with Gasteiger partial charge in [0, 0.05) is 18.7 Å². The van der Waals surface area contributed by atoms with Crippen LogP contribution in [-0.2, 0) is 13.7 Å². The molecule has 0 saturated heterocycles. The van der Waals surface area contributed by atoms with Crippen LogP contribution in [0.15, 0.2) is 18.2 Å². The number of nitrogens with zero attached hydrogens (tertiary/aromatic N) is 3. The highest BCUT2D eigenvalue weighted by Crippen LogP contribution is 2.25. The first-order valence-electron chi connectivity index (χ1n) is 6.33. The highest BCUT2D eigenvalue weighted by Gasteiger charge is 2.11. The predicted molar refractivity (Wildman–Crippen MR) is 73.9 cm³/mol. The quantitative estimate of drug-likeness (QED) is 0.913. The van der Waals surface area contributed by atoms with Crippen LogP contribution < -0.4 is 10.5 Å². The molecule has 5 heteroatoms. The number of aromatic nitrogens is 3. The van der Waals surface area contributed by atoms with Crippen LogP contribution in [0.4, 0.5) is 0 Å². The summed E-state index contributed by atoms with van der Waals surface area (Å²) in [7, 11) is 1.93. The first-order valence-corrected chi connectivity index (χ1v) is 6.33. The molecule has 0 radical (unpaired) electrons. The second-order valence-corrected chi connectivity index (χ2v) is 4.84. The molecule has 102 valence electrons. The SMILES string of the molecule is Cc1ccc(OCc2nnc(C)n2C)c([C@@H](C)N)c1. The number of benzene rings is 1. The molecule has 2 rings (SSSR count). The Morgan fingerprint density at radius 3 is 2.63 bits per heavy atom. The molecule has 0 bridgehead atoms. The Kier molecular flexibility index (Phi) is 3.85. The van der Waals surface area contributed by atoms with Gasteiger partial charge < -0.3 is 15.0 Å². The summed E-state index contributed by atoms with van der Waals surface area (Å²) in [6, 6.07) is 5.97. The minimum atomic E-state index is -0.0591. The molecule has 1 aromatic heterocycles. The van der Waals surface area contributed by atoms with Crippen molar-refractivity contribution in [1.82, 2.24) is 14.8 Å². The van der Waals surface area contributed by atoms with Crippen LogP contribution in [0.1, 0.15) is 35.7 Å². The highest BCUT2D eigenvalue weighted by molar-refractivity contribution is 5.38. The van der Waals surface area contributed by atoms with E-state index in [-0.39, 0.29) is 6.04 Å². The van der Waals surface area contributed by atoms with Gasteiger partial charge in [-0.15, -0.1) is 10.2 Å². The molecule has 1 aromatic carbocycles. The Morgan fingerprint density at radius 1 is 1.32 bits per heavy atom. The molecule has 0 aliphatic heterocycles. The first kappa shape index (κ1) is 13.5. The van der Waals surface area contributed by atoms with Crippen molar-refractivity contribution < 1.29 is 4.74 Å². The molecular weight excluding hydrogens is 240 g/mol. The van der Waals surface area contributed by atoms with E-state index >= 15 is 0 Å². The van der Waals surface area contributed by atoms with Crippen LogP contribution in [-0.4, -0.2) is 14.8 Å². The molecule has 2 aromatic rings. The zero-order valence-corrected chi connectivity index (χ0v) is 11.8. The Morgan fingerprint density at radius 2 is 2.05 bits per heavy atom. The molecule has 0 aliphatic rings. The van der Waals surface area contributed by atoms with Gasteiger partial charge in [-0.3, -0.25) is 0 Å². The summed E-state index contributed by atoms with van der Waals surface area (Å²) < 4.78 is 7.75. The van der Waals surface area contributed by atoms with Gasteiger partial charge in [0.25, 0.3) is 0 Å². The normalized spacial score (nSPS) is 12.5. The molecule has 19 heavy (non-hydrogen) atoms. The van der Waals surface area contributed by atoms with Gasteiger partial charge in [0.15, 0.2) is 5.82 Å². The number of nitrogens with two attached hydrogens (primary N) is 1. The van der Waals surface area contributed by atoms with E-state index < -0.39 is 0 Å². The molecular formula is C14H20N4O.